The fourth-order valence-corrected chi connectivity index (χ4v) is 1.52. The molecule has 21 heavy (non-hydrogen) atoms. The molecule has 0 aromatic rings. The van der Waals surface area contributed by atoms with Crippen molar-refractivity contribution < 1.29 is 24.3 Å². The predicted molar refractivity (Wildman–Crippen MR) is 74.1 cm³/mol. The Labute approximate surface area is 122 Å². The molecule has 0 rings (SSSR count). The number of carboxylic acid groups (broad SMARTS) is 1. The van der Waals surface area contributed by atoms with E-state index in [2.05, 4.69) is 10.6 Å². The van der Waals surface area contributed by atoms with Crippen LogP contribution in [-0.4, -0.2) is 54.3 Å². The lowest BCUT2D eigenvalue weighted by molar-refractivity contribution is -0.139. The van der Waals surface area contributed by atoms with Gasteiger partial charge in [-0.2, -0.15) is 0 Å². The van der Waals surface area contributed by atoms with Crippen molar-refractivity contribution in [2.75, 3.05) is 13.1 Å². The highest BCUT2D eigenvalue weighted by Gasteiger charge is 2.17. The number of carbonyl (C=O) groups excluding carboxylic acids is 3. The Balaban J connectivity index is 4.02. The van der Waals surface area contributed by atoms with E-state index in [1.54, 1.807) is 0 Å². The molecule has 0 aromatic carbocycles. The van der Waals surface area contributed by atoms with Crippen molar-refractivity contribution >= 4 is 24.1 Å². The number of nitrogens with one attached hydrogen (secondary N) is 2. The van der Waals surface area contributed by atoms with Crippen LogP contribution in [0.5, 0.6) is 0 Å². The van der Waals surface area contributed by atoms with E-state index in [4.69, 9.17) is 16.6 Å². The van der Waals surface area contributed by atoms with Gasteiger partial charge in [-0.1, -0.05) is 6.42 Å². The van der Waals surface area contributed by atoms with Gasteiger partial charge >= 0.3 is 5.97 Å². The highest BCUT2D eigenvalue weighted by atomic mass is 16.4. The number of hydrogen-bond acceptors (Lipinski definition) is 6. The van der Waals surface area contributed by atoms with Gasteiger partial charge in [0.25, 0.3) is 0 Å². The average molecular weight is 302 g/mol. The molecule has 7 N–H and O–H groups in total. The van der Waals surface area contributed by atoms with Crippen LogP contribution < -0.4 is 22.1 Å². The lowest BCUT2D eigenvalue weighted by Gasteiger charge is -2.13. The molecule has 0 fully saturated rings. The number of nitrogens with two attached hydrogens (primary N) is 2. The highest BCUT2D eigenvalue weighted by Crippen LogP contribution is 1.97. The quantitative estimate of drug-likeness (QED) is 0.212. The normalized spacial score (nSPS) is 13.0. The van der Waals surface area contributed by atoms with Gasteiger partial charge in [-0.3, -0.25) is 14.4 Å². The summed E-state index contributed by atoms with van der Waals surface area (Å²) in [6.07, 6.45) is 1.75. The van der Waals surface area contributed by atoms with Gasteiger partial charge < -0.3 is 32.0 Å². The fourth-order valence-electron chi connectivity index (χ4n) is 1.52. The topological polar surface area (TPSA) is 165 Å². The number of aliphatic carboxylic acids is 1. The van der Waals surface area contributed by atoms with E-state index in [1.807, 2.05) is 0 Å². The first-order valence-corrected chi connectivity index (χ1v) is 6.60. The maximum atomic E-state index is 11.6. The molecule has 0 aliphatic rings. The zero-order valence-electron chi connectivity index (χ0n) is 11.7. The largest absolute Gasteiger partial charge is 0.481 e. The molecule has 0 saturated carbocycles. The molecule has 0 aliphatic heterocycles. The number of unbranched alkanes of at least 4 members (excludes halogenated alkanes) is 1. The standard InChI is InChI=1S/C12H22N4O5/c13-4-2-1-3-9(14)12(21)15-6-10(18)16-8(7-17)5-11(19)20/h7-9H,1-6,13-14H2,(H,15,21)(H,16,18)(H,19,20)/t8-,9-/m0/s1. The van der Waals surface area contributed by atoms with E-state index in [-0.39, 0.29) is 6.54 Å². The number of carbonyl (C=O) groups is 4. The Hall–Kier alpha value is -2.00. The fraction of sp³-hybridized carbons (Fsp3) is 0.667. The summed E-state index contributed by atoms with van der Waals surface area (Å²) in [5, 5.41) is 13.0. The van der Waals surface area contributed by atoms with Crippen molar-refractivity contribution in [3.05, 3.63) is 0 Å². The van der Waals surface area contributed by atoms with Crippen LogP contribution in [0.15, 0.2) is 0 Å². The maximum absolute atomic E-state index is 11.6. The Bertz CT molecular complexity index is 375. The van der Waals surface area contributed by atoms with Gasteiger partial charge in [0.1, 0.15) is 6.29 Å². The second kappa shape index (κ2) is 10.7. The second-order valence-corrected chi connectivity index (χ2v) is 4.52. The molecule has 0 saturated heterocycles. The SMILES string of the molecule is NCCCC[C@H](N)C(=O)NCC(=O)N[C@H](C=O)CC(=O)O. The van der Waals surface area contributed by atoms with Crippen LogP contribution in [0.1, 0.15) is 25.7 Å². The minimum Gasteiger partial charge on any atom is -0.481 e. The van der Waals surface area contributed by atoms with Gasteiger partial charge in [0.2, 0.25) is 11.8 Å². The summed E-state index contributed by atoms with van der Waals surface area (Å²) in [7, 11) is 0. The van der Waals surface area contributed by atoms with Gasteiger partial charge in [0.15, 0.2) is 0 Å². The van der Waals surface area contributed by atoms with Crippen molar-refractivity contribution in [3.63, 3.8) is 0 Å². The van der Waals surface area contributed by atoms with Crippen LogP contribution in [0.25, 0.3) is 0 Å². The van der Waals surface area contributed by atoms with E-state index < -0.39 is 36.3 Å². The molecule has 9 heteroatoms. The molecule has 0 heterocycles. The molecule has 120 valence electrons. The summed E-state index contributed by atoms with van der Waals surface area (Å²) < 4.78 is 0. The van der Waals surface area contributed by atoms with Crippen LogP contribution in [0, 0.1) is 0 Å². The van der Waals surface area contributed by atoms with Gasteiger partial charge in [0, 0.05) is 0 Å². The Morgan fingerprint density at radius 3 is 2.43 bits per heavy atom. The minimum absolute atomic E-state index is 0.326. The lowest BCUT2D eigenvalue weighted by atomic mass is 10.1. The number of carboxylic acids is 1. The first-order valence-electron chi connectivity index (χ1n) is 6.60. The molecule has 0 spiro atoms. The molecular weight excluding hydrogens is 280 g/mol. The monoisotopic (exact) mass is 302 g/mol. The van der Waals surface area contributed by atoms with Gasteiger partial charge in [-0.05, 0) is 19.4 Å². The first-order chi connectivity index (χ1) is 9.90. The lowest BCUT2D eigenvalue weighted by Crippen LogP contribution is -2.47. The maximum Gasteiger partial charge on any atom is 0.305 e. The summed E-state index contributed by atoms with van der Waals surface area (Å²) in [5.74, 6) is -2.35. The molecule has 0 aromatic heterocycles. The van der Waals surface area contributed by atoms with Crippen LogP contribution >= 0.6 is 0 Å². The van der Waals surface area contributed by atoms with Crippen LogP contribution in [0.4, 0.5) is 0 Å². The number of rotatable bonds is 11. The average Bonchev–Trinajstić information content (AvgIpc) is 2.43. The van der Waals surface area contributed by atoms with Crippen LogP contribution in [-0.2, 0) is 19.2 Å². The van der Waals surface area contributed by atoms with Crippen LogP contribution in [0.2, 0.25) is 0 Å². The zero-order chi connectivity index (χ0) is 16.3. The molecule has 2 amide bonds. The minimum atomic E-state index is -1.21. The summed E-state index contributed by atoms with van der Waals surface area (Å²) in [5.41, 5.74) is 10.9. The van der Waals surface area contributed by atoms with Crippen molar-refractivity contribution in [2.45, 2.75) is 37.8 Å². The Morgan fingerprint density at radius 1 is 1.24 bits per heavy atom. The van der Waals surface area contributed by atoms with Gasteiger partial charge in [0.05, 0.1) is 25.0 Å². The molecule has 0 unspecified atom stereocenters. The van der Waals surface area contributed by atoms with Crippen LogP contribution in [0.3, 0.4) is 0 Å². The van der Waals surface area contributed by atoms with E-state index >= 15 is 0 Å². The molecule has 2 atom stereocenters. The third kappa shape index (κ3) is 9.52. The second-order valence-electron chi connectivity index (χ2n) is 4.52. The summed E-state index contributed by atoms with van der Waals surface area (Å²) >= 11 is 0. The van der Waals surface area contributed by atoms with Gasteiger partial charge in [-0.15, -0.1) is 0 Å². The number of hydrogen-bond donors (Lipinski definition) is 5. The van der Waals surface area contributed by atoms with Crippen molar-refractivity contribution in [1.82, 2.24) is 10.6 Å². The summed E-state index contributed by atoms with van der Waals surface area (Å²) in [4.78, 5) is 44.0. The smallest absolute Gasteiger partial charge is 0.305 e. The molecule has 0 radical (unpaired) electrons. The van der Waals surface area contributed by atoms with Gasteiger partial charge in [-0.25, -0.2) is 0 Å². The van der Waals surface area contributed by atoms with Crippen molar-refractivity contribution in [1.29, 1.82) is 0 Å². The van der Waals surface area contributed by atoms with Crippen molar-refractivity contribution in [2.24, 2.45) is 11.5 Å². The van der Waals surface area contributed by atoms with E-state index in [9.17, 15) is 19.2 Å². The number of aldehydes is 1. The van der Waals surface area contributed by atoms with E-state index in [0.717, 1.165) is 6.42 Å². The third-order valence-electron chi connectivity index (χ3n) is 2.63. The van der Waals surface area contributed by atoms with E-state index in [1.165, 1.54) is 0 Å². The van der Waals surface area contributed by atoms with E-state index in [0.29, 0.717) is 25.7 Å². The molecular formula is C12H22N4O5. The Morgan fingerprint density at radius 2 is 1.90 bits per heavy atom. The highest BCUT2D eigenvalue weighted by molar-refractivity contribution is 5.88. The number of amides is 2. The first kappa shape index (κ1) is 19.0. The summed E-state index contributed by atoms with van der Waals surface area (Å²) in [6, 6.07) is -1.85. The zero-order valence-corrected chi connectivity index (χ0v) is 11.7. The molecule has 9 nitrogen and oxygen atoms in total. The predicted octanol–water partition coefficient (Wildman–Crippen LogP) is -2.28. The summed E-state index contributed by atoms with van der Waals surface area (Å²) in [6.45, 7) is 0.154. The molecule has 0 aliphatic carbocycles. The third-order valence-corrected chi connectivity index (χ3v) is 2.63. The van der Waals surface area contributed by atoms with Crippen molar-refractivity contribution in [3.8, 4) is 0 Å². The Kier molecular flexibility index (Phi) is 9.72. The molecule has 0 bridgehead atoms.